The lowest BCUT2D eigenvalue weighted by Crippen LogP contribution is -2.33. The van der Waals surface area contributed by atoms with Crippen molar-refractivity contribution in [1.29, 1.82) is 0 Å². The molecule has 0 aromatic heterocycles. The summed E-state index contributed by atoms with van der Waals surface area (Å²) in [7, 11) is 1.62. The summed E-state index contributed by atoms with van der Waals surface area (Å²) >= 11 is 1.63. The maximum Gasteiger partial charge on any atom is 0.333 e. The number of anilines is 1. The van der Waals surface area contributed by atoms with E-state index in [0.29, 0.717) is 11.4 Å². The number of hydrogen-bond donors (Lipinski definition) is 0. The Morgan fingerprint density at radius 1 is 1.12 bits per heavy atom. The zero-order valence-electron chi connectivity index (χ0n) is 14.0. The average molecular weight is 354 g/mol. The maximum absolute atomic E-state index is 13.0. The number of benzene rings is 2. The van der Waals surface area contributed by atoms with Gasteiger partial charge in [-0.15, -0.1) is 11.8 Å². The van der Waals surface area contributed by atoms with Gasteiger partial charge >= 0.3 is 6.03 Å². The minimum atomic E-state index is -0.398. The molecular weight excluding hydrogens is 336 g/mol. The molecular formula is C19H18N2O3S. The fourth-order valence-corrected chi connectivity index (χ4v) is 4.73. The van der Waals surface area contributed by atoms with Gasteiger partial charge in [-0.2, -0.15) is 0 Å². The van der Waals surface area contributed by atoms with Crippen molar-refractivity contribution in [2.45, 2.75) is 18.3 Å². The second kappa shape index (κ2) is 6.11. The van der Waals surface area contributed by atoms with Crippen LogP contribution in [0.2, 0.25) is 0 Å². The Labute approximate surface area is 150 Å². The SMILES string of the molecule is COc1ccc([C@H]2SC[C@H]3C(=O)N(c4cccc(C)c4)C(=O)N23)cc1. The number of urea groups is 1. The molecule has 2 aliphatic rings. The van der Waals surface area contributed by atoms with Gasteiger partial charge in [0, 0.05) is 5.75 Å². The summed E-state index contributed by atoms with van der Waals surface area (Å²) in [4.78, 5) is 28.8. The molecule has 0 aliphatic carbocycles. The molecule has 2 heterocycles. The second-order valence-corrected chi connectivity index (χ2v) is 7.29. The lowest BCUT2D eigenvalue weighted by atomic mass is 10.2. The number of rotatable bonds is 3. The van der Waals surface area contributed by atoms with E-state index in [2.05, 4.69) is 0 Å². The molecule has 2 saturated heterocycles. The molecule has 2 aromatic carbocycles. The highest BCUT2D eigenvalue weighted by Gasteiger charge is 2.53. The largest absolute Gasteiger partial charge is 0.497 e. The minimum absolute atomic E-state index is 0.140. The standard InChI is InChI=1S/C19H18N2O3S/c1-12-4-3-5-14(10-12)20-17(22)16-11-25-18(21(16)19(20)23)13-6-8-15(24-2)9-7-13/h3-10,16,18H,11H2,1-2H3/t16-,18+/m0/s1. The zero-order valence-corrected chi connectivity index (χ0v) is 14.8. The van der Waals surface area contributed by atoms with Crippen molar-refractivity contribution < 1.29 is 14.3 Å². The zero-order chi connectivity index (χ0) is 17.6. The Hall–Kier alpha value is -2.47. The quantitative estimate of drug-likeness (QED) is 0.791. The molecule has 2 atom stereocenters. The number of nitrogens with zero attached hydrogens (tertiary/aromatic N) is 2. The predicted molar refractivity (Wildman–Crippen MR) is 97.9 cm³/mol. The Morgan fingerprint density at radius 2 is 1.88 bits per heavy atom. The van der Waals surface area contributed by atoms with Crippen molar-refractivity contribution in [2.75, 3.05) is 17.8 Å². The van der Waals surface area contributed by atoms with E-state index in [1.54, 1.807) is 29.8 Å². The number of thioether (sulfide) groups is 1. The van der Waals surface area contributed by atoms with Crippen LogP contribution in [0.25, 0.3) is 0 Å². The molecule has 0 bridgehead atoms. The number of ether oxygens (including phenoxy) is 1. The lowest BCUT2D eigenvalue weighted by molar-refractivity contribution is -0.119. The first-order chi connectivity index (χ1) is 12.1. The Balaban J connectivity index is 1.66. The van der Waals surface area contributed by atoms with E-state index in [4.69, 9.17) is 4.74 Å². The van der Waals surface area contributed by atoms with Gasteiger partial charge in [-0.1, -0.05) is 24.3 Å². The summed E-state index contributed by atoms with van der Waals surface area (Å²) in [5, 5.41) is -0.151. The van der Waals surface area contributed by atoms with Gasteiger partial charge in [0.05, 0.1) is 12.8 Å². The van der Waals surface area contributed by atoms with Crippen molar-refractivity contribution >= 4 is 29.4 Å². The summed E-state index contributed by atoms with van der Waals surface area (Å²) in [6.07, 6.45) is 0. The van der Waals surface area contributed by atoms with Gasteiger partial charge in [0.2, 0.25) is 0 Å². The number of carbonyl (C=O) groups is 2. The number of fused-ring (bicyclic) bond motifs is 1. The van der Waals surface area contributed by atoms with E-state index < -0.39 is 6.04 Å². The highest BCUT2D eigenvalue weighted by Crippen LogP contribution is 2.46. The van der Waals surface area contributed by atoms with Gasteiger partial charge in [0.15, 0.2) is 0 Å². The van der Waals surface area contributed by atoms with E-state index in [1.807, 2.05) is 49.4 Å². The van der Waals surface area contributed by atoms with E-state index in [0.717, 1.165) is 16.9 Å². The van der Waals surface area contributed by atoms with Crippen LogP contribution in [0.3, 0.4) is 0 Å². The van der Waals surface area contributed by atoms with Crippen LogP contribution in [0.4, 0.5) is 10.5 Å². The number of imide groups is 1. The van der Waals surface area contributed by atoms with Gasteiger partial charge in [-0.25, -0.2) is 9.69 Å². The molecule has 3 amide bonds. The van der Waals surface area contributed by atoms with Gasteiger partial charge in [-0.05, 0) is 42.3 Å². The molecule has 0 saturated carbocycles. The molecule has 2 aliphatic heterocycles. The van der Waals surface area contributed by atoms with Crippen LogP contribution in [-0.4, -0.2) is 35.7 Å². The van der Waals surface area contributed by atoms with Crippen molar-refractivity contribution in [3.63, 3.8) is 0 Å². The van der Waals surface area contributed by atoms with E-state index in [-0.39, 0.29) is 17.3 Å². The third-order valence-electron chi connectivity index (χ3n) is 4.58. The molecule has 25 heavy (non-hydrogen) atoms. The lowest BCUT2D eigenvalue weighted by Gasteiger charge is -2.23. The van der Waals surface area contributed by atoms with Crippen molar-refractivity contribution in [3.05, 3.63) is 59.7 Å². The molecule has 0 radical (unpaired) electrons. The molecule has 0 spiro atoms. The smallest absolute Gasteiger partial charge is 0.333 e. The van der Waals surface area contributed by atoms with Crippen molar-refractivity contribution in [3.8, 4) is 5.75 Å². The number of amides is 3. The van der Waals surface area contributed by atoms with E-state index in [1.165, 1.54) is 4.90 Å². The normalized spacial score (nSPS) is 22.5. The molecule has 0 unspecified atom stereocenters. The molecule has 2 aromatic rings. The van der Waals surface area contributed by atoms with Gasteiger partial charge in [0.1, 0.15) is 17.2 Å². The third-order valence-corrected chi connectivity index (χ3v) is 5.90. The number of aryl methyl sites for hydroxylation is 1. The first kappa shape index (κ1) is 16.0. The number of carbonyl (C=O) groups excluding carboxylic acids is 2. The number of methoxy groups -OCH3 is 1. The summed E-state index contributed by atoms with van der Waals surface area (Å²) in [5.74, 6) is 1.25. The molecule has 128 valence electrons. The minimum Gasteiger partial charge on any atom is -0.497 e. The Kier molecular flexibility index (Phi) is 3.92. The molecule has 5 nitrogen and oxygen atoms in total. The molecule has 4 rings (SSSR count). The van der Waals surface area contributed by atoms with Crippen LogP contribution in [0.15, 0.2) is 48.5 Å². The Bertz CT molecular complexity index is 837. The van der Waals surface area contributed by atoms with Gasteiger partial charge in [-0.3, -0.25) is 9.69 Å². The van der Waals surface area contributed by atoms with Crippen molar-refractivity contribution in [2.24, 2.45) is 0 Å². The monoisotopic (exact) mass is 354 g/mol. The highest BCUT2D eigenvalue weighted by atomic mass is 32.2. The van der Waals surface area contributed by atoms with E-state index in [9.17, 15) is 9.59 Å². The molecule has 0 N–H and O–H groups in total. The summed E-state index contributed by atoms with van der Waals surface area (Å²) in [5.41, 5.74) is 2.66. The first-order valence-electron chi connectivity index (χ1n) is 8.08. The second-order valence-electron chi connectivity index (χ2n) is 6.18. The van der Waals surface area contributed by atoms with E-state index >= 15 is 0 Å². The molecule has 2 fully saturated rings. The Morgan fingerprint density at radius 3 is 2.56 bits per heavy atom. The topological polar surface area (TPSA) is 49.9 Å². The van der Waals surface area contributed by atoms with Gasteiger partial charge in [0.25, 0.3) is 5.91 Å². The fraction of sp³-hybridized carbons (Fsp3) is 0.263. The fourth-order valence-electron chi connectivity index (χ4n) is 3.32. The highest BCUT2D eigenvalue weighted by molar-refractivity contribution is 7.99. The van der Waals surface area contributed by atoms with Gasteiger partial charge < -0.3 is 4.74 Å². The van der Waals surface area contributed by atoms with Crippen LogP contribution >= 0.6 is 11.8 Å². The van der Waals surface area contributed by atoms with Crippen LogP contribution in [0.1, 0.15) is 16.5 Å². The van der Waals surface area contributed by atoms with Crippen LogP contribution in [-0.2, 0) is 4.79 Å². The third kappa shape index (κ3) is 2.57. The summed E-state index contributed by atoms with van der Waals surface area (Å²) in [6.45, 7) is 1.95. The average Bonchev–Trinajstić information content (AvgIpc) is 3.16. The van der Waals surface area contributed by atoms with Crippen LogP contribution in [0.5, 0.6) is 5.75 Å². The predicted octanol–water partition coefficient (Wildman–Crippen LogP) is 3.59. The van der Waals surface area contributed by atoms with Crippen molar-refractivity contribution in [1.82, 2.24) is 4.90 Å². The summed E-state index contributed by atoms with van der Waals surface area (Å²) < 4.78 is 5.19. The summed E-state index contributed by atoms with van der Waals surface area (Å²) in [6, 6.07) is 14.5. The molecule has 6 heteroatoms. The maximum atomic E-state index is 13.0. The van der Waals surface area contributed by atoms with Crippen LogP contribution in [0, 0.1) is 6.92 Å². The number of hydrogen-bond acceptors (Lipinski definition) is 4. The first-order valence-corrected chi connectivity index (χ1v) is 9.13. The van der Waals surface area contributed by atoms with Crippen LogP contribution < -0.4 is 9.64 Å².